The lowest BCUT2D eigenvalue weighted by atomic mass is 10.2. The van der Waals surface area contributed by atoms with E-state index in [1.807, 2.05) is 38.1 Å². The molecule has 0 fully saturated rings. The Kier molecular flexibility index (Phi) is 7.51. The quantitative estimate of drug-likeness (QED) is 0.677. The van der Waals surface area contributed by atoms with Gasteiger partial charge in [0.25, 0.3) is 0 Å². The first-order chi connectivity index (χ1) is 8.80. The molecule has 0 saturated carbocycles. The summed E-state index contributed by atoms with van der Waals surface area (Å²) in [7, 11) is 0. The summed E-state index contributed by atoms with van der Waals surface area (Å²) in [6.07, 6.45) is -0.135. The zero-order chi connectivity index (χ0) is 13.2. The van der Waals surface area contributed by atoms with E-state index in [0.717, 1.165) is 17.1 Å². The van der Waals surface area contributed by atoms with E-state index < -0.39 is 0 Å². The molecule has 1 aromatic rings. The molecular formula is C14H19NO2S. The minimum absolute atomic E-state index is 0.135. The molecule has 0 aliphatic rings. The van der Waals surface area contributed by atoms with E-state index in [9.17, 15) is 0 Å². The number of benzene rings is 1. The van der Waals surface area contributed by atoms with Gasteiger partial charge in [-0.1, -0.05) is 12.1 Å². The van der Waals surface area contributed by atoms with E-state index in [1.165, 1.54) is 0 Å². The van der Waals surface area contributed by atoms with Crippen molar-refractivity contribution in [2.24, 2.45) is 0 Å². The van der Waals surface area contributed by atoms with Gasteiger partial charge in [-0.3, -0.25) is 0 Å². The largest absolute Gasteiger partial charge is 0.352 e. The van der Waals surface area contributed by atoms with Crippen molar-refractivity contribution in [3.05, 3.63) is 35.4 Å². The molecule has 0 atom stereocenters. The number of hydrogen-bond donors (Lipinski definition) is 0. The van der Waals surface area contributed by atoms with E-state index in [0.29, 0.717) is 18.8 Å². The average Bonchev–Trinajstić information content (AvgIpc) is 2.39. The van der Waals surface area contributed by atoms with Crippen LogP contribution in [0.4, 0.5) is 0 Å². The minimum Gasteiger partial charge on any atom is -0.352 e. The number of hydrogen-bond acceptors (Lipinski definition) is 4. The molecule has 0 saturated heterocycles. The summed E-state index contributed by atoms with van der Waals surface area (Å²) in [6.45, 7) is 5.25. The highest BCUT2D eigenvalue weighted by molar-refractivity contribution is 7.98. The van der Waals surface area contributed by atoms with Crippen LogP contribution in [-0.4, -0.2) is 25.3 Å². The molecule has 4 heteroatoms. The monoisotopic (exact) mass is 265 g/mol. The second-order valence-corrected chi connectivity index (χ2v) is 4.70. The maximum atomic E-state index is 8.82. The molecule has 0 spiro atoms. The fourth-order valence-electron chi connectivity index (χ4n) is 1.52. The summed E-state index contributed by atoms with van der Waals surface area (Å²) in [5, 5.41) is 8.82. The second kappa shape index (κ2) is 8.98. The Balaban J connectivity index is 2.37. The average molecular weight is 265 g/mol. The summed E-state index contributed by atoms with van der Waals surface area (Å²) in [5.74, 6) is 1.67. The molecule has 18 heavy (non-hydrogen) atoms. The Labute approximate surface area is 113 Å². The van der Waals surface area contributed by atoms with Gasteiger partial charge in [0.2, 0.25) is 0 Å². The highest BCUT2D eigenvalue weighted by Crippen LogP contribution is 2.16. The van der Waals surface area contributed by atoms with Crippen LogP contribution >= 0.6 is 11.8 Å². The first-order valence-electron chi connectivity index (χ1n) is 6.10. The van der Waals surface area contributed by atoms with E-state index in [-0.39, 0.29) is 6.29 Å². The lowest BCUT2D eigenvalue weighted by Crippen LogP contribution is -2.20. The molecule has 0 unspecified atom stereocenters. The Bertz CT molecular complexity index is 384. The molecule has 1 aromatic carbocycles. The number of nitrogens with zero attached hydrogens (tertiary/aromatic N) is 1. The van der Waals surface area contributed by atoms with E-state index >= 15 is 0 Å². The van der Waals surface area contributed by atoms with Gasteiger partial charge < -0.3 is 9.47 Å². The van der Waals surface area contributed by atoms with Crippen LogP contribution in [0.3, 0.4) is 0 Å². The van der Waals surface area contributed by atoms with Gasteiger partial charge in [-0.2, -0.15) is 17.0 Å². The molecule has 0 amide bonds. The first-order valence-corrected chi connectivity index (χ1v) is 7.25. The van der Waals surface area contributed by atoms with Crippen molar-refractivity contribution in [3.63, 3.8) is 0 Å². The maximum Gasteiger partial charge on any atom is 0.166 e. The molecular weight excluding hydrogens is 246 g/mol. The molecule has 0 radical (unpaired) electrons. The van der Waals surface area contributed by atoms with Crippen LogP contribution in [-0.2, 0) is 15.2 Å². The SMILES string of the molecule is CCOC(CSCc1cccc(C#N)c1)OCC. The van der Waals surface area contributed by atoms with Crippen LogP contribution in [0.2, 0.25) is 0 Å². The van der Waals surface area contributed by atoms with Crippen molar-refractivity contribution in [2.75, 3.05) is 19.0 Å². The highest BCUT2D eigenvalue weighted by atomic mass is 32.2. The number of ether oxygens (including phenoxy) is 2. The van der Waals surface area contributed by atoms with Crippen molar-refractivity contribution in [1.82, 2.24) is 0 Å². The molecule has 0 bridgehead atoms. The standard InChI is InChI=1S/C14H19NO2S/c1-3-16-14(17-4-2)11-18-10-13-7-5-6-12(8-13)9-15/h5-8,14H,3-4,10-11H2,1-2H3. The smallest absolute Gasteiger partial charge is 0.166 e. The van der Waals surface area contributed by atoms with Crippen LogP contribution in [0.1, 0.15) is 25.0 Å². The summed E-state index contributed by atoms with van der Waals surface area (Å²) < 4.78 is 10.9. The predicted molar refractivity (Wildman–Crippen MR) is 74.4 cm³/mol. The first kappa shape index (κ1) is 15.0. The molecule has 98 valence electrons. The predicted octanol–water partition coefficient (Wildman–Crippen LogP) is 3.19. The Morgan fingerprint density at radius 3 is 2.61 bits per heavy atom. The van der Waals surface area contributed by atoms with Crippen LogP contribution in [0.25, 0.3) is 0 Å². The maximum absolute atomic E-state index is 8.82. The summed E-state index contributed by atoms with van der Waals surface area (Å²) in [4.78, 5) is 0. The van der Waals surface area contributed by atoms with Gasteiger partial charge in [-0.05, 0) is 31.5 Å². The van der Waals surface area contributed by atoms with Gasteiger partial charge in [0.05, 0.1) is 11.6 Å². The minimum atomic E-state index is -0.135. The van der Waals surface area contributed by atoms with E-state index in [1.54, 1.807) is 11.8 Å². The van der Waals surface area contributed by atoms with Gasteiger partial charge in [-0.25, -0.2) is 0 Å². The Morgan fingerprint density at radius 2 is 2.00 bits per heavy atom. The third kappa shape index (κ3) is 5.54. The van der Waals surface area contributed by atoms with E-state index in [4.69, 9.17) is 14.7 Å². The van der Waals surface area contributed by atoms with Crippen LogP contribution in [0, 0.1) is 11.3 Å². The summed E-state index contributed by atoms with van der Waals surface area (Å²) in [5.41, 5.74) is 1.87. The molecule has 1 rings (SSSR count). The zero-order valence-electron chi connectivity index (χ0n) is 10.9. The summed E-state index contributed by atoms with van der Waals surface area (Å²) in [6, 6.07) is 9.83. The van der Waals surface area contributed by atoms with Gasteiger partial charge in [0.15, 0.2) is 6.29 Å². The normalized spacial score (nSPS) is 10.6. The van der Waals surface area contributed by atoms with Gasteiger partial charge in [0.1, 0.15) is 0 Å². The molecule has 0 aliphatic heterocycles. The number of rotatable bonds is 8. The van der Waals surface area contributed by atoms with Gasteiger partial charge in [0, 0.05) is 24.7 Å². The topological polar surface area (TPSA) is 42.2 Å². The van der Waals surface area contributed by atoms with Crippen LogP contribution in [0.5, 0.6) is 0 Å². The van der Waals surface area contributed by atoms with Crippen molar-refractivity contribution in [3.8, 4) is 6.07 Å². The van der Waals surface area contributed by atoms with Crippen LogP contribution in [0.15, 0.2) is 24.3 Å². The van der Waals surface area contributed by atoms with Gasteiger partial charge >= 0.3 is 0 Å². The number of nitriles is 1. The number of thioether (sulfide) groups is 1. The summed E-state index contributed by atoms with van der Waals surface area (Å²) >= 11 is 1.75. The lowest BCUT2D eigenvalue weighted by Gasteiger charge is -2.16. The molecule has 0 N–H and O–H groups in total. The van der Waals surface area contributed by atoms with E-state index in [2.05, 4.69) is 6.07 Å². The lowest BCUT2D eigenvalue weighted by molar-refractivity contribution is -0.120. The molecule has 3 nitrogen and oxygen atoms in total. The second-order valence-electron chi connectivity index (χ2n) is 3.67. The molecule has 0 heterocycles. The van der Waals surface area contributed by atoms with Crippen LogP contribution < -0.4 is 0 Å². The Morgan fingerprint density at radius 1 is 1.28 bits per heavy atom. The fourth-order valence-corrected chi connectivity index (χ4v) is 2.44. The molecule has 0 aliphatic carbocycles. The van der Waals surface area contributed by atoms with Crippen molar-refractivity contribution in [1.29, 1.82) is 5.26 Å². The van der Waals surface area contributed by atoms with Crippen molar-refractivity contribution < 1.29 is 9.47 Å². The fraction of sp³-hybridized carbons (Fsp3) is 0.500. The third-order valence-corrected chi connectivity index (χ3v) is 3.33. The highest BCUT2D eigenvalue weighted by Gasteiger charge is 2.07. The van der Waals surface area contributed by atoms with Gasteiger partial charge in [-0.15, -0.1) is 0 Å². The van der Waals surface area contributed by atoms with Crippen molar-refractivity contribution in [2.45, 2.75) is 25.9 Å². The molecule has 0 aromatic heterocycles. The third-order valence-electron chi connectivity index (χ3n) is 2.28. The zero-order valence-corrected chi connectivity index (χ0v) is 11.7. The Hall–Kier alpha value is -1.02. The van der Waals surface area contributed by atoms with Crippen molar-refractivity contribution >= 4 is 11.8 Å².